The van der Waals surface area contributed by atoms with Crippen LogP contribution in [0.15, 0.2) is 0 Å². The molecule has 0 spiro atoms. The van der Waals surface area contributed by atoms with Crippen molar-refractivity contribution < 1.29 is 8.85 Å². The first-order chi connectivity index (χ1) is 5.99. The van der Waals surface area contributed by atoms with Crippen molar-refractivity contribution in [1.29, 1.82) is 0 Å². The third-order valence-electron chi connectivity index (χ3n) is 1.80. The minimum atomic E-state index is -1.30. The van der Waals surface area contributed by atoms with Crippen molar-refractivity contribution in [2.24, 2.45) is 0 Å². The van der Waals surface area contributed by atoms with E-state index in [9.17, 15) is 0 Å². The Morgan fingerprint density at radius 1 is 1.15 bits per heavy atom. The fourth-order valence-electron chi connectivity index (χ4n) is 1.06. The van der Waals surface area contributed by atoms with Gasteiger partial charge in [0.15, 0.2) is 0 Å². The predicted octanol–water partition coefficient (Wildman–Crippen LogP) is 1.31. The van der Waals surface area contributed by atoms with Gasteiger partial charge in [-0.2, -0.15) is 0 Å². The zero-order chi connectivity index (χ0) is 10.3. The van der Waals surface area contributed by atoms with Crippen molar-refractivity contribution >= 4 is 17.5 Å². The summed E-state index contributed by atoms with van der Waals surface area (Å²) >= 11 is 0. The first-order valence-corrected chi connectivity index (χ1v) is 10.1. The molecule has 0 amide bonds. The summed E-state index contributed by atoms with van der Waals surface area (Å²) in [6.07, 6.45) is 1.17. The summed E-state index contributed by atoms with van der Waals surface area (Å²) in [5.74, 6) is 0. The van der Waals surface area contributed by atoms with Crippen LogP contribution >= 0.6 is 0 Å². The van der Waals surface area contributed by atoms with Crippen LogP contribution in [0.5, 0.6) is 0 Å². The maximum atomic E-state index is 5.23. The van der Waals surface area contributed by atoms with E-state index in [1.165, 1.54) is 6.42 Å². The second-order valence-corrected chi connectivity index (χ2v) is 11.5. The molecule has 13 heavy (non-hydrogen) atoms. The van der Waals surface area contributed by atoms with Gasteiger partial charge in [-0.15, -0.1) is 0 Å². The van der Waals surface area contributed by atoms with Gasteiger partial charge in [-0.1, -0.05) is 19.6 Å². The van der Waals surface area contributed by atoms with Crippen LogP contribution in [-0.2, 0) is 8.85 Å². The lowest BCUT2D eigenvalue weighted by Gasteiger charge is -2.18. The van der Waals surface area contributed by atoms with Crippen LogP contribution in [-0.4, -0.2) is 38.3 Å². The van der Waals surface area contributed by atoms with Crippen molar-refractivity contribution in [2.75, 3.05) is 20.8 Å². The molecule has 80 valence electrons. The molecule has 0 bridgehead atoms. The van der Waals surface area contributed by atoms with E-state index < -0.39 is 17.5 Å². The summed E-state index contributed by atoms with van der Waals surface area (Å²) < 4.78 is 10.5. The maximum Gasteiger partial charge on any atom is 0.320 e. The van der Waals surface area contributed by atoms with E-state index >= 15 is 0 Å². The SMILES string of the molecule is CO[SiH](CCCN[Si](C)(C)C)OC. The van der Waals surface area contributed by atoms with Crippen LogP contribution < -0.4 is 4.98 Å². The molecule has 1 N–H and O–H groups in total. The predicted molar refractivity (Wildman–Crippen MR) is 61.9 cm³/mol. The molecule has 0 heterocycles. The maximum absolute atomic E-state index is 5.23. The second kappa shape index (κ2) is 6.72. The van der Waals surface area contributed by atoms with Crippen molar-refractivity contribution in [3.05, 3.63) is 0 Å². The molecule has 0 saturated heterocycles. The third-order valence-corrected chi connectivity index (χ3v) is 5.04. The highest BCUT2D eigenvalue weighted by Gasteiger charge is 2.13. The van der Waals surface area contributed by atoms with Crippen molar-refractivity contribution in [3.8, 4) is 0 Å². The largest absolute Gasteiger partial charge is 0.400 e. The van der Waals surface area contributed by atoms with Crippen LogP contribution in [0.2, 0.25) is 25.7 Å². The highest BCUT2D eigenvalue weighted by molar-refractivity contribution is 6.73. The Bertz CT molecular complexity index is 124. The van der Waals surface area contributed by atoms with Gasteiger partial charge >= 0.3 is 9.28 Å². The lowest BCUT2D eigenvalue weighted by molar-refractivity contribution is 0.276. The first kappa shape index (κ1) is 13.3. The van der Waals surface area contributed by atoms with Gasteiger partial charge in [-0.3, -0.25) is 0 Å². The van der Waals surface area contributed by atoms with Gasteiger partial charge in [0.2, 0.25) is 0 Å². The lowest BCUT2D eigenvalue weighted by Crippen LogP contribution is -2.41. The van der Waals surface area contributed by atoms with E-state index in [1.807, 2.05) is 0 Å². The Labute approximate surface area is 84.8 Å². The summed E-state index contributed by atoms with van der Waals surface area (Å²) in [6, 6.07) is 1.10. The highest BCUT2D eigenvalue weighted by Crippen LogP contribution is 2.00. The van der Waals surface area contributed by atoms with Crippen LogP contribution in [0.25, 0.3) is 0 Å². The fourth-order valence-corrected chi connectivity index (χ4v) is 3.19. The molecular formula is C8H23NO2Si2. The smallest absolute Gasteiger partial charge is 0.320 e. The summed E-state index contributed by atoms with van der Waals surface area (Å²) in [5.41, 5.74) is 0. The molecule has 0 aliphatic heterocycles. The van der Waals surface area contributed by atoms with Crippen LogP contribution in [0.3, 0.4) is 0 Å². The summed E-state index contributed by atoms with van der Waals surface area (Å²) in [7, 11) is 1.12. The number of nitrogens with one attached hydrogen (secondary N) is 1. The normalized spacial score (nSPS) is 12.5. The van der Waals surface area contributed by atoms with E-state index in [0.29, 0.717) is 0 Å². The van der Waals surface area contributed by atoms with E-state index in [4.69, 9.17) is 8.85 Å². The molecule has 0 fully saturated rings. The molecule has 0 atom stereocenters. The third kappa shape index (κ3) is 8.64. The molecule has 0 saturated carbocycles. The zero-order valence-corrected chi connectivity index (χ0v) is 11.7. The van der Waals surface area contributed by atoms with E-state index in [2.05, 4.69) is 24.6 Å². The summed E-state index contributed by atoms with van der Waals surface area (Å²) in [4.78, 5) is 3.58. The average Bonchev–Trinajstić information content (AvgIpc) is 2.03. The van der Waals surface area contributed by atoms with Gasteiger partial charge < -0.3 is 13.8 Å². The average molecular weight is 221 g/mol. The number of hydrogen-bond acceptors (Lipinski definition) is 3. The molecule has 0 aromatic carbocycles. The minimum absolute atomic E-state index is 1.07. The van der Waals surface area contributed by atoms with Crippen molar-refractivity contribution in [1.82, 2.24) is 4.98 Å². The zero-order valence-electron chi connectivity index (χ0n) is 9.52. The Morgan fingerprint density at radius 3 is 2.08 bits per heavy atom. The standard InChI is InChI=1S/C8H23NO2Si2/c1-10-12(11-2)8-6-7-9-13(3,4)5/h9,12H,6-8H2,1-5H3. The molecule has 0 unspecified atom stereocenters. The molecule has 0 rings (SSSR count). The van der Waals surface area contributed by atoms with Crippen LogP contribution in [0, 0.1) is 0 Å². The van der Waals surface area contributed by atoms with Gasteiger partial charge in [0.1, 0.15) is 8.24 Å². The van der Waals surface area contributed by atoms with Gasteiger partial charge in [-0.05, 0) is 19.0 Å². The molecule has 3 nitrogen and oxygen atoms in total. The lowest BCUT2D eigenvalue weighted by atomic mass is 10.5. The monoisotopic (exact) mass is 221 g/mol. The van der Waals surface area contributed by atoms with Crippen LogP contribution in [0.4, 0.5) is 0 Å². The second-order valence-electron chi connectivity index (χ2n) is 4.22. The molecule has 5 heteroatoms. The molecule has 0 aliphatic rings. The van der Waals surface area contributed by atoms with Crippen molar-refractivity contribution in [3.63, 3.8) is 0 Å². The van der Waals surface area contributed by atoms with Gasteiger partial charge in [0.25, 0.3) is 0 Å². The van der Waals surface area contributed by atoms with Gasteiger partial charge in [-0.25, -0.2) is 0 Å². The Morgan fingerprint density at radius 2 is 1.69 bits per heavy atom. The van der Waals surface area contributed by atoms with Crippen molar-refractivity contribution in [2.45, 2.75) is 32.1 Å². The Kier molecular flexibility index (Phi) is 6.88. The summed E-state index contributed by atoms with van der Waals surface area (Å²) in [5, 5.41) is 0. The van der Waals surface area contributed by atoms with E-state index in [1.54, 1.807) is 14.2 Å². The molecule has 0 aromatic rings. The molecule has 0 aliphatic carbocycles. The van der Waals surface area contributed by atoms with Crippen LogP contribution in [0.1, 0.15) is 6.42 Å². The molecular weight excluding hydrogens is 198 g/mol. The highest BCUT2D eigenvalue weighted by atomic mass is 28.3. The van der Waals surface area contributed by atoms with E-state index in [-0.39, 0.29) is 0 Å². The number of rotatable bonds is 7. The minimum Gasteiger partial charge on any atom is -0.400 e. The quantitative estimate of drug-likeness (QED) is 0.519. The van der Waals surface area contributed by atoms with Gasteiger partial charge in [0, 0.05) is 14.2 Å². The fraction of sp³-hybridized carbons (Fsp3) is 1.00. The summed E-state index contributed by atoms with van der Waals surface area (Å²) in [6.45, 7) is 8.05. The number of hydrogen-bond donors (Lipinski definition) is 1. The Hall–Kier alpha value is 0.314. The topological polar surface area (TPSA) is 30.5 Å². The molecule has 0 aromatic heterocycles. The van der Waals surface area contributed by atoms with Gasteiger partial charge in [0.05, 0.1) is 0 Å². The first-order valence-electron chi connectivity index (χ1n) is 4.80. The molecule has 0 radical (unpaired) electrons. The Balaban J connectivity index is 3.34. The van der Waals surface area contributed by atoms with E-state index in [0.717, 1.165) is 12.6 Å².